The van der Waals surface area contributed by atoms with Crippen molar-refractivity contribution in [3.05, 3.63) is 52.6 Å². The Morgan fingerprint density at radius 3 is 3.00 bits per heavy atom. The smallest absolute Gasteiger partial charge is 0.275 e. The van der Waals surface area contributed by atoms with E-state index in [9.17, 15) is 15.2 Å². The van der Waals surface area contributed by atoms with Crippen molar-refractivity contribution in [2.24, 2.45) is 0 Å². The number of imidazole rings is 1. The van der Waals surface area contributed by atoms with Crippen LogP contribution in [-0.2, 0) is 9.47 Å². The highest BCUT2D eigenvalue weighted by Gasteiger charge is 2.36. The number of aromatic nitrogens is 4. The van der Waals surface area contributed by atoms with E-state index < -0.39 is 29.5 Å². The Balaban J connectivity index is 1.44. The number of aliphatic hydroxyl groups is 1. The zero-order chi connectivity index (χ0) is 20.5. The van der Waals surface area contributed by atoms with Crippen LogP contribution < -0.4 is 5.73 Å². The summed E-state index contributed by atoms with van der Waals surface area (Å²) in [5.74, 6) is 0.269. The van der Waals surface area contributed by atoms with E-state index in [2.05, 4.69) is 15.0 Å². The van der Waals surface area contributed by atoms with Crippen molar-refractivity contribution in [2.75, 3.05) is 12.3 Å². The Morgan fingerprint density at radius 2 is 2.21 bits per heavy atom. The highest BCUT2D eigenvalue weighted by atomic mass is 16.6. The van der Waals surface area contributed by atoms with Gasteiger partial charge in [-0.2, -0.15) is 0 Å². The summed E-state index contributed by atoms with van der Waals surface area (Å²) >= 11 is 0. The molecule has 0 saturated carbocycles. The van der Waals surface area contributed by atoms with Crippen LogP contribution in [0.2, 0.25) is 0 Å². The van der Waals surface area contributed by atoms with E-state index in [0.717, 1.165) is 0 Å². The molecule has 0 spiro atoms. The Kier molecular flexibility index (Phi) is 5.09. The van der Waals surface area contributed by atoms with Crippen molar-refractivity contribution in [2.45, 2.75) is 37.9 Å². The lowest BCUT2D eigenvalue weighted by atomic mass is 10.1. The maximum Gasteiger partial charge on any atom is 0.275 e. The van der Waals surface area contributed by atoms with Crippen LogP contribution in [-0.4, -0.2) is 48.4 Å². The quantitative estimate of drug-likeness (QED) is 0.465. The fourth-order valence-corrected chi connectivity index (χ4v) is 3.44. The minimum absolute atomic E-state index is 0.00655. The van der Waals surface area contributed by atoms with Gasteiger partial charge < -0.3 is 20.3 Å². The standard InChI is InChI=1S/C18H20N6O5/c1-10(11-4-2-3-5-12(11)24(26)27)28-7-14-13(25)6-15(29-14)23-9-22-16-17(19)20-8-21-18(16)23/h2-5,8-10,13-15,25H,6-7H2,1H3,(H2,19,20,21)/t10?,13-,14+,15+/m0/s1. The summed E-state index contributed by atoms with van der Waals surface area (Å²) in [4.78, 5) is 23.1. The minimum atomic E-state index is -0.769. The number of nitrogen functional groups attached to an aromatic ring is 1. The van der Waals surface area contributed by atoms with Crippen LogP contribution in [0.5, 0.6) is 0 Å². The lowest BCUT2D eigenvalue weighted by Crippen LogP contribution is -2.27. The van der Waals surface area contributed by atoms with Gasteiger partial charge in [-0.15, -0.1) is 0 Å². The monoisotopic (exact) mass is 400 g/mol. The number of ether oxygens (including phenoxy) is 2. The number of nitrogens with two attached hydrogens (primary N) is 1. The van der Waals surface area contributed by atoms with Gasteiger partial charge in [0.1, 0.15) is 24.2 Å². The molecule has 3 aromatic rings. The van der Waals surface area contributed by atoms with Crippen LogP contribution >= 0.6 is 0 Å². The van der Waals surface area contributed by atoms with Gasteiger partial charge in [0.05, 0.1) is 35.6 Å². The molecule has 3 N–H and O–H groups in total. The molecule has 1 aromatic carbocycles. The highest BCUT2D eigenvalue weighted by Crippen LogP contribution is 2.33. The molecule has 1 saturated heterocycles. The summed E-state index contributed by atoms with van der Waals surface area (Å²) in [6, 6.07) is 6.41. The third kappa shape index (κ3) is 3.62. The largest absolute Gasteiger partial charge is 0.390 e. The fourth-order valence-electron chi connectivity index (χ4n) is 3.44. The van der Waals surface area contributed by atoms with E-state index in [4.69, 9.17) is 15.2 Å². The number of rotatable bonds is 6. The van der Waals surface area contributed by atoms with Crippen LogP contribution in [0.1, 0.15) is 31.2 Å². The molecule has 11 heteroatoms. The molecule has 152 valence electrons. The van der Waals surface area contributed by atoms with Crippen LogP contribution in [0.3, 0.4) is 0 Å². The zero-order valence-corrected chi connectivity index (χ0v) is 15.6. The second-order valence-electron chi connectivity index (χ2n) is 6.81. The Bertz CT molecular complexity index is 1040. The van der Waals surface area contributed by atoms with Crippen molar-refractivity contribution < 1.29 is 19.5 Å². The molecule has 2 aromatic heterocycles. The molecule has 3 heterocycles. The summed E-state index contributed by atoms with van der Waals surface area (Å²) in [5.41, 5.74) is 7.25. The molecule has 0 amide bonds. The molecule has 11 nitrogen and oxygen atoms in total. The van der Waals surface area contributed by atoms with Gasteiger partial charge in [-0.3, -0.25) is 14.7 Å². The molecule has 1 fully saturated rings. The minimum Gasteiger partial charge on any atom is -0.390 e. The van der Waals surface area contributed by atoms with E-state index in [1.165, 1.54) is 12.4 Å². The topological polar surface area (TPSA) is 151 Å². The Morgan fingerprint density at radius 1 is 1.41 bits per heavy atom. The van der Waals surface area contributed by atoms with Gasteiger partial charge in [0, 0.05) is 12.5 Å². The molecular weight excluding hydrogens is 380 g/mol. The number of hydrogen-bond acceptors (Lipinski definition) is 9. The average molecular weight is 400 g/mol. The molecule has 0 aliphatic carbocycles. The molecule has 0 radical (unpaired) electrons. The molecular formula is C18H20N6O5. The Labute approximate surface area is 165 Å². The first-order valence-corrected chi connectivity index (χ1v) is 9.07. The van der Waals surface area contributed by atoms with Crippen molar-refractivity contribution in [1.29, 1.82) is 0 Å². The number of nitrogens with zero attached hydrogens (tertiary/aromatic N) is 5. The van der Waals surface area contributed by atoms with Crippen molar-refractivity contribution in [3.8, 4) is 0 Å². The van der Waals surface area contributed by atoms with E-state index in [1.807, 2.05) is 0 Å². The SMILES string of the molecule is CC(OC[C@H]1O[C@@H](n2cnc3c(N)ncnc32)C[C@@H]1O)c1ccccc1[N+](=O)[O-]. The normalized spacial score (nSPS) is 22.8. The van der Waals surface area contributed by atoms with Crippen LogP contribution in [0.4, 0.5) is 11.5 Å². The van der Waals surface area contributed by atoms with Crippen molar-refractivity contribution in [3.63, 3.8) is 0 Å². The van der Waals surface area contributed by atoms with Crippen LogP contribution in [0, 0.1) is 10.1 Å². The van der Waals surface area contributed by atoms with Gasteiger partial charge >= 0.3 is 0 Å². The third-order valence-corrected chi connectivity index (χ3v) is 4.98. The average Bonchev–Trinajstić information content (AvgIpc) is 3.30. The number of aliphatic hydroxyl groups excluding tert-OH is 1. The summed E-state index contributed by atoms with van der Waals surface area (Å²) in [6.07, 6.45) is 0.829. The third-order valence-electron chi connectivity index (χ3n) is 4.98. The highest BCUT2D eigenvalue weighted by molar-refractivity contribution is 5.81. The fraction of sp³-hybridized carbons (Fsp3) is 0.389. The first-order valence-electron chi connectivity index (χ1n) is 9.07. The van der Waals surface area contributed by atoms with E-state index >= 15 is 0 Å². The summed E-state index contributed by atoms with van der Waals surface area (Å²) in [6.45, 7) is 1.80. The molecule has 29 heavy (non-hydrogen) atoms. The maximum atomic E-state index is 11.2. The molecule has 4 atom stereocenters. The van der Waals surface area contributed by atoms with Gasteiger partial charge in [-0.1, -0.05) is 12.1 Å². The number of anilines is 1. The van der Waals surface area contributed by atoms with E-state index in [0.29, 0.717) is 23.1 Å². The molecule has 0 bridgehead atoms. The van der Waals surface area contributed by atoms with Gasteiger partial charge in [-0.25, -0.2) is 15.0 Å². The summed E-state index contributed by atoms with van der Waals surface area (Å²) < 4.78 is 13.4. The van der Waals surface area contributed by atoms with Crippen LogP contribution in [0.25, 0.3) is 11.2 Å². The van der Waals surface area contributed by atoms with Crippen molar-refractivity contribution in [1.82, 2.24) is 19.5 Å². The molecule has 1 aliphatic rings. The number of nitro groups is 1. The van der Waals surface area contributed by atoms with Gasteiger partial charge in [0.2, 0.25) is 0 Å². The first-order chi connectivity index (χ1) is 14.0. The Hall–Kier alpha value is -3.15. The van der Waals surface area contributed by atoms with E-state index in [1.54, 1.807) is 36.0 Å². The number of para-hydroxylation sites is 1. The van der Waals surface area contributed by atoms with Crippen molar-refractivity contribution >= 4 is 22.7 Å². The second-order valence-corrected chi connectivity index (χ2v) is 6.81. The summed E-state index contributed by atoms with van der Waals surface area (Å²) in [7, 11) is 0. The number of benzene rings is 1. The number of hydrogen-bond donors (Lipinski definition) is 2. The van der Waals surface area contributed by atoms with Gasteiger partial charge in [-0.05, 0) is 13.0 Å². The van der Waals surface area contributed by atoms with Gasteiger partial charge in [0.15, 0.2) is 11.5 Å². The van der Waals surface area contributed by atoms with E-state index in [-0.39, 0.29) is 18.1 Å². The lowest BCUT2D eigenvalue weighted by Gasteiger charge is -2.19. The maximum absolute atomic E-state index is 11.2. The second kappa shape index (κ2) is 7.70. The van der Waals surface area contributed by atoms with Crippen LogP contribution in [0.15, 0.2) is 36.9 Å². The number of nitro benzene ring substituents is 1. The zero-order valence-electron chi connectivity index (χ0n) is 15.6. The predicted molar refractivity (Wildman–Crippen MR) is 102 cm³/mol. The molecule has 1 aliphatic heterocycles. The molecule has 4 rings (SSSR count). The number of fused-ring (bicyclic) bond motifs is 1. The van der Waals surface area contributed by atoms with Gasteiger partial charge in [0.25, 0.3) is 5.69 Å². The molecule has 1 unspecified atom stereocenters. The predicted octanol–water partition coefficient (Wildman–Crippen LogP) is 1.74. The summed E-state index contributed by atoms with van der Waals surface area (Å²) in [5, 5.41) is 21.6. The first kappa shape index (κ1) is 19.2. The lowest BCUT2D eigenvalue weighted by molar-refractivity contribution is -0.386.